The van der Waals surface area contributed by atoms with Gasteiger partial charge in [-0.3, -0.25) is 4.79 Å². The number of benzene rings is 2. The number of carbonyl (C=O) groups is 2. The van der Waals surface area contributed by atoms with Crippen LogP contribution in [0.3, 0.4) is 0 Å². The second-order valence-corrected chi connectivity index (χ2v) is 6.59. The van der Waals surface area contributed by atoms with Gasteiger partial charge in [0.1, 0.15) is 29.3 Å². The minimum atomic E-state index is -4.55. The molecule has 8 nitrogen and oxygen atoms in total. The number of pyridine rings is 1. The average molecular weight is 448 g/mol. The molecule has 1 aromatic heterocycles. The van der Waals surface area contributed by atoms with Crippen molar-refractivity contribution in [2.45, 2.75) is 12.8 Å². The van der Waals surface area contributed by atoms with Crippen molar-refractivity contribution in [3.05, 3.63) is 81.1 Å². The molecule has 0 aliphatic rings. The molecule has 0 unspecified atom stereocenters. The van der Waals surface area contributed by atoms with Crippen LogP contribution in [0.5, 0.6) is 5.75 Å². The first kappa shape index (κ1) is 22.4. The number of aromatic nitrogens is 1. The van der Waals surface area contributed by atoms with Crippen molar-refractivity contribution in [1.29, 1.82) is 0 Å². The quantitative estimate of drug-likeness (QED) is 0.451. The van der Waals surface area contributed by atoms with Crippen LogP contribution < -0.4 is 16.0 Å². The van der Waals surface area contributed by atoms with Crippen molar-refractivity contribution in [3.63, 3.8) is 0 Å². The number of hydrogen-bond donors (Lipinski definition) is 4. The van der Waals surface area contributed by atoms with Crippen LogP contribution in [0.2, 0.25) is 0 Å². The van der Waals surface area contributed by atoms with Crippen molar-refractivity contribution in [3.8, 4) is 16.9 Å². The van der Waals surface area contributed by atoms with Gasteiger partial charge in [-0.25, -0.2) is 9.59 Å². The summed E-state index contributed by atoms with van der Waals surface area (Å²) in [6.07, 6.45) is -4.55. The molecule has 0 saturated heterocycles. The number of nitrogens with two attached hydrogens (primary N) is 1. The SMILES string of the molecule is Nc1[nH]c(=O)c(C(=O)O)c(-c2ccccc2OCc2cccc(C(F)(F)F)c2)c1C(=O)O. The molecule has 32 heavy (non-hydrogen) atoms. The Morgan fingerprint density at radius 1 is 1.00 bits per heavy atom. The number of halogens is 3. The van der Waals surface area contributed by atoms with Crippen molar-refractivity contribution in [2.75, 3.05) is 5.73 Å². The Morgan fingerprint density at radius 3 is 2.28 bits per heavy atom. The molecule has 0 spiro atoms. The van der Waals surface area contributed by atoms with Gasteiger partial charge in [0, 0.05) is 11.1 Å². The first-order valence-electron chi connectivity index (χ1n) is 8.91. The summed E-state index contributed by atoms with van der Waals surface area (Å²) < 4.78 is 44.4. The fourth-order valence-corrected chi connectivity index (χ4v) is 3.11. The second kappa shape index (κ2) is 8.46. The highest BCUT2D eigenvalue weighted by Crippen LogP contribution is 2.36. The predicted octanol–water partition coefficient (Wildman–Crippen LogP) is 3.62. The Labute approximate surface area is 177 Å². The molecule has 0 saturated carbocycles. The molecule has 0 aliphatic heterocycles. The van der Waals surface area contributed by atoms with Crippen LogP contribution >= 0.6 is 0 Å². The molecule has 0 amide bonds. The number of H-pyrrole nitrogens is 1. The van der Waals surface area contributed by atoms with Crippen LogP contribution in [-0.2, 0) is 12.8 Å². The third-order valence-corrected chi connectivity index (χ3v) is 4.48. The van der Waals surface area contributed by atoms with Crippen LogP contribution in [0.1, 0.15) is 31.8 Å². The number of alkyl halides is 3. The highest BCUT2D eigenvalue weighted by molar-refractivity contribution is 6.08. The fourth-order valence-electron chi connectivity index (χ4n) is 3.11. The number of carboxylic acids is 2. The van der Waals surface area contributed by atoms with E-state index in [4.69, 9.17) is 10.5 Å². The summed E-state index contributed by atoms with van der Waals surface area (Å²) in [7, 11) is 0. The van der Waals surface area contributed by atoms with Gasteiger partial charge in [0.25, 0.3) is 5.56 Å². The van der Waals surface area contributed by atoms with Crippen molar-refractivity contribution >= 4 is 17.8 Å². The van der Waals surface area contributed by atoms with E-state index in [1.807, 2.05) is 4.98 Å². The minimum Gasteiger partial charge on any atom is -0.488 e. The molecule has 2 aromatic carbocycles. The van der Waals surface area contributed by atoms with Crippen molar-refractivity contribution in [1.82, 2.24) is 4.98 Å². The van der Waals surface area contributed by atoms with E-state index in [2.05, 4.69) is 0 Å². The molecule has 0 fully saturated rings. The maximum absolute atomic E-state index is 12.9. The minimum absolute atomic E-state index is 0.0556. The summed E-state index contributed by atoms with van der Waals surface area (Å²) in [6, 6.07) is 9.99. The Bertz CT molecular complexity index is 1270. The smallest absolute Gasteiger partial charge is 0.416 e. The van der Waals surface area contributed by atoms with Gasteiger partial charge >= 0.3 is 18.1 Å². The number of nitrogen functional groups attached to an aromatic ring is 1. The van der Waals surface area contributed by atoms with E-state index in [1.54, 1.807) is 0 Å². The molecule has 1 heterocycles. The van der Waals surface area contributed by atoms with E-state index in [-0.39, 0.29) is 23.5 Å². The predicted molar refractivity (Wildman–Crippen MR) is 107 cm³/mol. The normalized spacial score (nSPS) is 11.2. The molecule has 0 bridgehead atoms. The molecule has 11 heteroatoms. The first-order chi connectivity index (χ1) is 15.0. The lowest BCUT2D eigenvalue weighted by Gasteiger charge is -2.16. The highest BCUT2D eigenvalue weighted by Gasteiger charge is 2.31. The molecule has 3 rings (SSSR count). The van der Waals surface area contributed by atoms with Gasteiger partial charge in [0.05, 0.1) is 5.56 Å². The Kier molecular flexibility index (Phi) is 5.92. The van der Waals surface area contributed by atoms with Gasteiger partial charge < -0.3 is 25.7 Å². The molecule has 0 aliphatic carbocycles. The highest BCUT2D eigenvalue weighted by atomic mass is 19.4. The van der Waals surface area contributed by atoms with E-state index in [9.17, 15) is 37.8 Å². The average Bonchev–Trinajstić information content (AvgIpc) is 2.71. The summed E-state index contributed by atoms with van der Waals surface area (Å²) in [4.78, 5) is 37.7. The monoisotopic (exact) mass is 448 g/mol. The molecule has 0 atom stereocenters. The number of anilines is 1. The van der Waals surface area contributed by atoms with E-state index in [0.29, 0.717) is 0 Å². The number of para-hydroxylation sites is 1. The molecular weight excluding hydrogens is 433 g/mol. The summed E-state index contributed by atoms with van der Waals surface area (Å²) in [5, 5.41) is 19.1. The van der Waals surface area contributed by atoms with E-state index < -0.39 is 51.7 Å². The number of aromatic carboxylic acids is 2. The Morgan fingerprint density at radius 2 is 1.66 bits per heavy atom. The van der Waals surface area contributed by atoms with Crippen LogP contribution in [0.4, 0.5) is 19.0 Å². The molecule has 3 aromatic rings. The van der Waals surface area contributed by atoms with E-state index in [1.165, 1.54) is 36.4 Å². The third kappa shape index (κ3) is 4.41. The number of ether oxygens (including phenoxy) is 1. The van der Waals surface area contributed by atoms with Gasteiger partial charge in [0.2, 0.25) is 0 Å². The van der Waals surface area contributed by atoms with Gasteiger partial charge in [0.15, 0.2) is 0 Å². The molecule has 166 valence electrons. The summed E-state index contributed by atoms with van der Waals surface area (Å²) in [5.74, 6) is -3.91. The van der Waals surface area contributed by atoms with Crippen LogP contribution in [0.25, 0.3) is 11.1 Å². The first-order valence-corrected chi connectivity index (χ1v) is 8.91. The van der Waals surface area contributed by atoms with E-state index in [0.717, 1.165) is 12.1 Å². The number of hydrogen-bond acceptors (Lipinski definition) is 5. The van der Waals surface area contributed by atoms with Crippen LogP contribution in [0.15, 0.2) is 53.3 Å². The van der Waals surface area contributed by atoms with Gasteiger partial charge in [-0.1, -0.05) is 30.3 Å². The molecule has 0 radical (unpaired) electrons. The maximum Gasteiger partial charge on any atom is 0.416 e. The standard InChI is InChI=1S/C21H15F3N2O6/c22-21(23,24)11-5-3-4-10(8-11)9-32-13-7-2-1-6-12(13)14-15(19(28)29)17(25)26-18(27)16(14)20(30)31/h1-8H,9H2,(H,28,29)(H,30,31)(H3,25,26,27). The number of nitrogens with one attached hydrogen (secondary N) is 1. The molecular formula is C21H15F3N2O6. The van der Waals surface area contributed by atoms with Crippen molar-refractivity contribution in [2.24, 2.45) is 0 Å². The second-order valence-electron chi connectivity index (χ2n) is 6.59. The van der Waals surface area contributed by atoms with Gasteiger partial charge in [-0.05, 0) is 23.8 Å². The van der Waals surface area contributed by atoms with Crippen LogP contribution in [-0.4, -0.2) is 27.1 Å². The Hall–Kier alpha value is -4.28. The number of carboxylic acid groups (broad SMARTS) is 2. The maximum atomic E-state index is 12.9. The summed E-state index contributed by atoms with van der Waals surface area (Å²) in [5.41, 5.74) is 1.71. The topological polar surface area (TPSA) is 143 Å². The zero-order chi connectivity index (χ0) is 23.6. The number of aromatic amines is 1. The zero-order valence-corrected chi connectivity index (χ0v) is 16.1. The third-order valence-electron chi connectivity index (χ3n) is 4.48. The van der Waals surface area contributed by atoms with Crippen molar-refractivity contribution < 1.29 is 37.7 Å². The van der Waals surface area contributed by atoms with Gasteiger partial charge in [-0.15, -0.1) is 0 Å². The Balaban J connectivity index is 2.12. The zero-order valence-electron chi connectivity index (χ0n) is 16.1. The summed E-state index contributed by atoms with van der Waals surface area (Å²) >= 11 is 0. The van der Waals surface area contributed by atoms with Gasteiger partial charge in [-0.2, -0.15) is 13.2 Å². The fraction of sp³-hybridized carbons (Fsp3) is 0.0952. The van der Waals surface area contributed by atoms with E-state index >= 15 is 0 Å². The lowest BCUT2D eigenvalue weighted by atomic mass is 9.94. The summed E-state index contributed by atoms with van der Waals surface area (Å²) in [6.45, 7) is -0.343. The number of rotatable bonds is 6. The lowest BCUT2D eigenvalue weighted by Crippen LogP contribution is -2.24. The van der Waals surface area contributed by atoms with Crippen LogP contribution in [0, 0.1) is 0 Å². The lowest BCUT2D eigenvalue weighted by molar-refractivity contribution is -0.137. The largest absolute Gasteiger partial charge is 0.488 e. The molecule has 5 N–H and O–H groups in total.